The van der Waals surface area contributed by atoms with Gasteiger partial charge >= 0.3 is 5.00 Å². The van der Waals surface area contributed by atoms with Crippen LogP contribution in [-0.2, 0) is 0 Å². The van der Waals surface area contributed by atoms with Gasteiger partial charge in [-0.15, -0.1) is 0 Å². The van der Waals surface area contributed by atoms with Crippen molar-refractivity contribution in [3.8, 4) is 22.0 Å². The molecule has 2 aromatic heterocycles. The molecule has 0 bridgehead atoms. The molecule has 7 nitrogen and oxygen atoms in total. The molecule has 30 heavy (non-hydrogen) atoms. The van der Waals surface area contributed by atoms with E-state index in [0.29, 0.717) is 27.4 Å². The van der Waals surface area contributed by atoms with E-state index in [9.17, 15) is 14.9 Å². The maximum absolute atomic E-state index is 13.2. The molecule has 4 aromatic rings. The number of nitrogens with zero attached hydrogens (tertiary/aromatic N) is 3. The zero-order valence-electron chi connectivity index (χ0n) is 16.2. The van der Waals surface area contributed by atoms with Crippen molar-refractivity contribution in [2.45, 2.75) is 6.92 Å². The number of aryl methyl sites for hydroxylation is 1. The third-order valence-electron chi connectivity index (χ3n) is 4.61. The second kappa shape index (κ2) is 7.92. The Hall–Kier alpha value is -3.78. The van der Waals surface area contributed by atoms with Crippen molar-refractivity contribution < 1.29 is 14.5 Å². The first-order valence-corrected chi connectivity index (χ1v) is 9.88. The molecular formula is C22H17N3O4S. The Balaban J connectivity index is 1.83. The summed E-state index contributed by atoms with van der Waals surface area (Å²) in [7, 11) is 1.59. The molecular weight excluding hydrogens is 402 g/mol. The van der Waals surface area contributed by atoms with Gasteiger partial charge in [0.2, 0.25) is 0 Å². The van der Waals surface area contributed by atoms with Crippen molar-refractivity contribution in [1.29, 1.82) is 0 Å². The van der Waals surface area contributed by atoms with Crippen molar-refractivity contribution in [3.05, 3.63) is 93.7 Å². The number of ketones is 1. The summed E-state index contributed by atoms with van der Waals surface area (Å²) in [5, 5.41) is 15.7. The van der Waals surface area contributed by atoms with Gasteiger partial charge in [0.25, 0.3) is 0 Å². The Bertz CT molecular complexity index is 1220. The molecule has 0 N–H and O–H groups in total. The molecule has 0 atom stereocenters. The normalized spacial score (nSPS) is 10.7. The van der Waals surface area contributed by atoms with Gasteiger partial charge in [-0.1, -0.05) is 41.2 Å². The van der Waals surface area contributed by atoms with Crippen molar-refractivity contribution >= 4 is 22.1 Å². The molecule has 150 valence electrons. The summed E-state index contributed by atoms with van der Waals surface area (Å²) in [4.78, 5) is 24.5. The van der Waals surface area contributed by atoms with Gasteiger partial charge in [-0.05, 0) is 37.3 Å². The summed E-state index contributed by atoms with van der Waals surface area (Å²) >= 11 is 0.991. The average molecular weight is 419 g/mol. The summed E-state index contributed by atoms with van der Waals surface area (Å²) in [6, 6.07) is 17.6. The summed E-state index contributed by atoms with van der Waals surface area (Å²) in [6.45, 7) is 1.95. The Kier molecular flexibility index (Phi) is 5.16. The van der Waals surface area contributed by atoms with Crippen LogP contribution in [0.4, 0.5) is 5.00 Å². The van der Waals surface area contributed by atoms with Crippen molar-refractivity contribution in [2.24, 2.45) is 0 Å². The van der Waals surface area contributed by atoms with E-state index < -0.39 is 4.92 Å². The number of nitro groups is 1. The number of methoxy groups -OCH3 is 1. The van der Waals surface area contributed by atoms with Crippen LogP contribution in [0.25, 0.3) is 16.3 Å². The number of benzene rings is 2. The van der Waals surface area contributed by atoms with Gasteiger partial charge in [-0.2, -0.15) is 5.10 Å². The van der Waals surface area contributed by atoms with Crippen LogP contribution in [0.15, 0.2) is 66.9 Å². The Morgan fingerprint density at radius 2 is 1.77 bits per heavy atom. The SMILES string of the molecule is COc1ccc(-n2cc(C(=O)c3ccc(C)cc3)c(-c3ccc([N+](=O)[O-])s3)n2)cc1. The minimum atomic E-state index is -0.448. The predicted molar refractivity (Wildman–Crippen MR) is 115 cm³/mol. The van der Waals surface area contributed by atoms with E-state index in [1.807, 2.05) is 31.2 Å². The summed E-state index contributed by atoms with van der Waals surface area (Å²) in [5.74, 6) is 0.511. The minimum absolute atomic E-state index is 0.00210. The zero-order chi connectivity index (χ0) is 21.3. The molecule has 0 aliphatic heterocycles. The lowest BCUT2D eigenvalue weighted by atomic mass is 10.0. The molecule has 0 aliphatic carbocycles. The molecule has 0 aliphatic rings. The maximum Gasteiger partial charge on any atom is 0.324 e. The Morgan fingerprint density at radius 3 is 2.37 bits per heavy atom. The molecule has 0 saturated carbocycles. The molecule has 0 fully saturated rings. The predicted octanol–water partition coefficient (Wildman–Crippen LogP) is 5.06. The maximum atomic E-state index is 13.2. The van der Waals surface area contributed by atoms with Crippen molar-refractivity contribution in [3.63, 3.8) is 0 Å². The number of thiophene rings is 1. The molecule has 0 saturated heterocycles. The van der Waals surface area contributed by atoms with Gasteiger partial charge in [-0.3, -0.25) is 14.9 Å². The fourth-order valence-electron chi connectivity index (χ4n) is 3.00. The van der Waals surface area contributed by atoms with Crippen LogP contribution >= 0.6 is 11.3 Å². The number of rotatable bonds is 6. The van der Waals surface area contributed by atoms with Gasteiger partial charge < -0.3 is 4.74 Å². The summed E-state index contributed by atoms with van der Waals surface area (Å²) in [5.41, 5.74) is 3.11. The highest BCUT2D eigenvalue weighted by Gasteiger charge is 2.23. The second-order valence-electron chi connectivity index (χ2n) is 6.62. The molecule has 0 spiro atoms. The van der Waals surface area contributed by atoms with Crippen LogP contribution in [0.5, 0.6) is 5.75 Å². The lowest BCUT2D eigenvalue weighted by molar-refractivity contribution is -0.380. The van der Waals surface area contributed by atoms with Gasteiger partial charge in [0.1, 0.15) is 11.4 Å². The third-order valence-corrected chi connectivity index (χ3v) is 5.66. The highest BCUT2D eigenvalue weighted by molar-refractivity contribution is 7.18. The number of carbonyl (C=O) groups excluding carboxylic acids is 1. The van der Waals surface area contributed by atoms with E-state index in [-0.39, 0.29) is 10.8 Å². The van der Waals surface area contributed by atoms with E-state index in [2.05, 4.69) is 5.10 Å². The average Bonchev–Trinajstić information content (AvgIpc) is 3.41. The number of hydrogen-bond acceptors (Lipinski definition) is 6. The summed E-state index contributed by atoms with van der Waals surface area (Å²) < 4.78 is 6.79. The van der Waals surface area contributed by atoms with E-state index >= 15 is 0 Å². The first-order valence-electron chi connectivity index (χ1n) is 9.06. The molecule has 2 aromatic carbocycles. The Labute approximate surface area is 176 Å². The smallest absolute Gasteiger partial charge is 0.324 e. The fourth-order valence-corrected chi connectivity index (χ4v) is 3.82. The van der Waals surface area contributed by atoms with Crippen molar-refractivity contribution in [1.82, 2.24) is 9.78 Å². The van der Waals surface area contributed by atoms with Crippen LogP contribution in [-0.4, -0.2) is 27.6 Å². The van der Waals surface area contributed by atoms with Gasteiger partial charge in [0.05, 0.1) is 28.2 Å². The summed E-state index contributed by atoms with van der Waals surface area (Å²) in [6.07, 6.45) is 1.66. The number of carbonyl (C=O) groups is 1. The van der Waals surface area contributed by atoms with Crippen molar-refractivity contribution in [2.75, 3.05) is 7.11 Å². The highest BCUT2D eigenvalue weighted by Crippen LogP contribution is 2.35. The van der Waals surface area contributed by atoms with Crippen LogP contribution in [0.1, 0.15) is 21.5 Å². The second-order valence-corrected chi connectivity index (χ2v) is 7.69. The van der Waals surface area contributed by atoms with Crippen LogP contribution in [0, 0.1) is 17.0 Å². The Morgan fingerprint density at radius 1 is 1.07 bits per heavy atom. The largest absolute Gasteiger partial charge is 0.497 e. The lowest BCUT2D eigenvalue weighted by Crippen LogP contribution is -2.01. The lowest BCUT2D eigenvalue weighted by Gasteiger charge is -2.03. The minimum Gasteiger partial charge on any atom is -0.497 e. The third kappa shape index (κ3) is 3.72. The van der Waals surface area contributed by atoms with E-state index in [1.165, 1.54) is 6.07 Å². The van der Waals surface area contributed by atoms with Crippen LogP contribution in [0.3, 0.4) is 0 Å². The van der Waals surface area contributed by atoms with Gasteiger partial charge in [0.15, 0.2) is 5.78 Å². The quantitative estimate of drug-likeness (QED) is 0.248. The molecule has 0 unspecified atom stereocenters. The van der Waals surface area contributed by atoms with E-state index in [1.54, 1.807) is 48.3 Å². The first-order chi connectivity index (χ1) is 14.5. The topological polar surface area (TPSA) is 87.3 Å². The van der Waals surface area contributed by atoms with Gasteiger partial charge in [0, 0.05) is 17.8 Å². The first kappa shape index (κ1) is 19.5. The van der Waals surface area contributed by atoms with E-state index in [4.69, 9.17) is 4.74 Å². The van der Waals surface area contributed by atoms with Crippen LogP contribution in [0.2, 0.25) is 0 Å². The molecule has 4 rings (SSSR count). The fraction of sp³-hybridized carbons (Fsp3) is 0.0909. The number of aromatic nitrogens is 2. The molecule has 0 amide bonds. The zero-order valence-corrected chi connectivity index (χ0v) is 17.1. The van der Waals surface area contributed by atoms with E-state index in [0.717, 1.165) is 22.6 Å². The van der Waals surface area contributed by atoms with Crippen LogP contribution < -0.4 is 4.74 Å². The number of hydrogen-bond donors (Lipinski definition) is 0. The standard InChI is InChI=1S/C22H17N3O4S/c1-14-3-5-15(6-4-14)22(26)18-13-24(16-7-9-17(29-2)10-8-16)23-21(18)19-11-12-20(30-19)25(27)28/h3-13H,1-2H3. The molecule has 0 radical (unpaired) electrons. The molecule has 2 heterocycles. The monoisotopic (exact) mass is 419 g/mol. The molecule has 8 heteroatoms. The van der Waals surface area contributed by atoms with Gasteiger partial charge in [-0.25, -0.2) is 4.68 Å². The number of ether oxygens (including phenoxy) is 1. The highest BCUT2D eigenvalue weighted by atomic mass is 32.1.